The smallest absolute Gasteiger partial charge is 0.338 e. The second-order valence-corrected chi connectivity index (χ2v) is 10.2. The first-order valence-corrected chi connectivity index (χ1v) is 13.8. The largest absolute Gasteiger partial charge is 0.497 e. The molecule has 6 rings (SSSR count). The molecule has 9 nitrogen and oxygen atoms in total. The minimum atomic E-state index is -0.891. The van der Waals surface area contributed by atoms with E-state index in [4.69, 9.17) is 19.2 Å². The number of pyridine rings is 1. The van der Waals surface area contributed by atoms with Gasteiger partial charge in [-0.15, -0.1) is 0 Å². The van der Waals surface area contributed by atoms with Crippen LogP contribution in [0.3, 0.4) is 0 Å². The van der Waals surface area contributed by atoms with E-state index in [1.165, 1.54) is 11.3 Å². The zero-order valence-electron chi connectivity index (χ0n) is 22.6. The number of carbonyl (C=O) groups excluding carboxylic acids is 1. The minimum absolute atomic E-state index is 0.158. The van der Waals surface area contributed by atoms with Crippen molar-refractivity contribution in [1.82, 2.24) is 14.5 Å². The molecule has 5 aromatic rings. The monoisotopic (exact) mass is 566 g/mol. The van der Waals surface area contributed by atoms with Gasteiger partial charge in [0.15, 0.2) is 4.80 Å². The van der Waals surface area contributed by atoms with Crippen molar-refractivity contribution in [3.63, 3.8) is 0 Å². The lowest BCUT2D eigenvalue weighted by Crippen LogP contribution is -2.40. The quantitative estimate of drug-likeness (QED) is 0.300. The lowest BCUT2D eigenvalue weighted by Gasteiger charge is -2.27. The van der Waals surface area contributed by atoms with Gasteiger partial charge >= 0.3 is 5.97 Å². The highest BCUT2D eigenvalue weighted by Crippen LogP contribution is 2.40. The zero-order chi connectivity index (χ0) is 28.5. The first-order valence-electron chi connectivity index (χ1n) is 13.0. The summed E-state index contributed by atoms with van der Waals surface area (Å²) < 4.78 is 18.8. The fourth-order valence-electron chi connectivity index (χ4n) is 5.03. The molecule has 1 atom stereocenters. The normalized spacial score (nSPS) is 15.0. The Morgan fingerprint density at radius 3 is 2.68 bits per heavy atom. The number of rotatable bonds is 7. The van der Waals surface area contributed by atoms with E-state index < -0.39 is 12.0 Å². The molecule has 2 aromatic carbocycles. The molecule has 206 valence electrons. The maximum absolute atomic E-state index is 14.2. The maximum atomic E-state index is 14.2. The van der Waals surface area contributed by atoms with Gasteiger partial charge in [-0.25, -0.2) is 14.8 Å². The molecule has 1 aliphatic heterocycles. The summed E-state index contributed by atoms with van der Waals surface area (Å²) in [5.41, 5.74) is 3.21. The Kier molecular flexibility index (Phi) is 6.98. The van der Waals surface area contributed by atoms with E-state index in [2.05, 4.69) is 9.97 Å². The third-order valence-electron chi connectivity index (χ3n) is 6.87. The van der Waals surface area contributed by atoms with E-state index in [1.54, 1.807) is 50.1 Å². The first kappa shape index (κ1) is 26.3. The number of H-pyrrole nitrogens is 1. The van der Waals surface area contributed by atoms with E-state index in [0.717, 1.165) is 22.2 Å². The number of aromatic nitrogens is 3. The molecule has 1 unspecified atom stereocenters. The number of hydrogen-bond donors (Lipinski definition) is 1. The summed E-state index contributed by atoms with van der Waals surface area (Å²) in [6.45, 7) is 1.90. The average molecular weight is 567 g/mol. The fraction of sp³-hybridized carbons (Fsp3) is 0.161. The van der Waals surface area contributed by atoms with Crippen molar-refractivity contribution in [3.05, 3.63) is 115 Å². The molecule has 0 bridgehead atoms. The molecule has 1 N–H and O–H groups in total. The lowest BCUT2D eigenvalue weighted by molar-refractivity contribution is -0.138. The van der Waals surface area contributed by atoms with Crippen molar-refractivity contribution >= 4 is 40.1 Å². The number of hydrogen-bond acceptors (Lipinski definition) is 8. The standard InChI is InChI=1S/C31H26N4O5S/c1-4-40-30(37)25-26(18-9-6-5-7-10-18)34-31-35(27(25)22-16-20(38-2)12-13-23(22)39-3)29(36)24(41-31)15-19-17-33-28-21(19)11-8-14-32-28/h5-17,27H,4H2,1-3H3,(H,32,33)/b24-15-. The molecule has 0 fully saturated rings. The Hall–Kier alpha value is -4.96. The van der Waals surface area contributed by atoms with Gasteiger partial charge in [-0.05, 0) is 43.3 Å². The van der Waals surface area contributed by atoms with Crippen LogP contribution in [0.25, 0.3) is 22.8 Å². The molecule has 0 aliphatic carbocycles. The van der Waals surface area contributed by atoms with E-state index in [1.807, 2.05) is 54.7 Å². The van der Waals surface area contributed by atoms with Crippen LogP contribution in [0.2, 0.25) is 0 Å². The Labute approximate surface area is 238 Å². The second kappa shape index (κ2) is 10.9. The molecule has 10 heteroatoms. The first-order chi connectivity index (χ1) is 20.0. The summed E-state index contributed by atoms with van der Waals surface area (Å²) in [6.07, 6.45) is 5.35. The van der Waals surface area contributed by atoms with Crippen LogP contribution >= 0.6 is 11.3 Å². The van der Waals surface area contributed by atoms with Crippen LogP contribution in [0.1, 0.15) is 29.7 Å². The molecule has 0 saturated heterocycles. The molecule has 0 saturated carbocycles. The summed E-state index contributed by atoms with van der Waals surface area (Å²) in [5.74, 6) is 0.474. The van der Waals surface area contributed by atoms with Gasteiger partial charge in [-0.1, -0.05) is 41.7 Å². The van der Waals surface area contributed by atoms with Crippen LogP contribution in [-0.2, 0) is 9.53 Å². The predicted molar refractivity (Wildman–Crippen MR) is 157 cm³/mol. The average Bonchev–Trinajstić information content (AvgIpc) is 3.56. The van der Waals surface area contributed by atoms with Crippen LogP contribution < -0.4 is 24.4 Å². The van der Waals surface area contributed by atoms with Gasteiger partial charge in [-0.3, -0.25) is 9.36 Å². The number of esters is 1. The highest BCUT2D eigenvalue weighted by Gasteiger charge is 2.37. The Morgan fingerprint density at radius 1 is 1.10 bits per heavy atom. The molecule has 0 spiro atoms. The van der Waals surface area contributed by atoms with E-state index in [0.29, 0.717) is 32.1 Å². The summed E-state index contributed by atoms with van der Waals surface area (Å²) in [5, 5.41) is 0.890. The van der Waals surface area contributed by atoms with Crippen molar-refractivity contribution in [1.29, 1.82) is 0 Å². The van der Waals surface area contributed by atoms with E-state index in [9.17, 15) is 9.59 Å². The number of nitrogens with one attached hydrogen (secondary N) is 1. The maximum Gasteiger partial charge on any atom is 0.338 e. The number of benzene rings is 2. The Balaban J connectivity index is 1.69. The van der Waals surface area contributed by atoms with Crippen LogP contribution in [0, 0.1) is 0 Å². The molecular weight excluding hydrogens is 540 g/mol. The number of ether oxygens (including phenoxy) is 3. The van der Waals surface area contributed by atoms with Crippen molar-refractivity contribution < 1.29 is 19.0 Å². The molecular formula is C31H26N4O5S. The third-order valence-corrected chi connectivity index (χ3v) is 7.86. The molecule has 1 aliphatic rings. The molecule has 3 aromatic heterocycles. The van der Waals surface area contributed by atoms with Crippen molar-refractivity contribution in [2.75, 3.05) is 20.8 Å². The van der Waals surface area contributed by atoms with Crippen LogP contribution in [0.5, 0.6) is 11.5 Å². The summed E-state index contributed by atoms with van der Waals surface area (Å²) >= 11 is 1.25. The number of aromatic amines is 1. The van der Waals surface area contributed by atoms with Gasteiger partial charge in [0.25, 0.3) is 5.56 Å². The number of thiazole rings is 1. The lowest BCUT2D eigenvalue weighted by atomic mass is 9.92. The van der Waals surface area contributed by atoms with Crippen LogP contribution in [-0.4, -0.2) is 41.3 Å². The van der Waals surface area contributed by atoms with Gasteiger partial charge < -0.3 is 19.2 Å². The van der Waals surface area contributed by atoms with Crippen molar-refractivity contribution in [2.24, 2.45) is 4.99 Å². The topological polar surface area (TPSA) is 108 Å². The van der Waals surface area contributed by atoms with E-state index >= 15 is 0 Å². The Bertz CT molecular complexity index is 1990. The molecule has 0 radical (unpaired) electrons. The predicted octanol–water partition coefficient (Wildman–Crippen LogP) is 3.83. The van der Waals surface area contributed by atoms with E-state index in [-0.39, 0.29) is 17.7 Å². The van der Waals surface area contributed by atoms with Crippen molar-refractivity contribution in [2.45, 2.75) is 13.0 Å². The summed E-state index contributed by atoms with van der Waals surface area (Å²) in [6, 6.07) is 17.6. The van der Waals surface area contributed by atoms with Crippen molar-refractivity contribution in [3.8, 4) is 11.5 Å². The van der Waals surface area contributed by atoms with Gasteiger partial charge in [0.1, 0.15) is 23.2 Å². The molecule has 41 heavy (non-hydrogen) atoms. The Morgan fingerprint density at radius 2 is 1.93 bits per heavy atom. The van der Waals surface area contributed by atoms with Crippen LogP contribution in [0.15, 0.2) is 88.4 Å². The fourth-order valence-corrected chi connectivity index (χ4v) is 6.02. The molecule has 4 heterocycles. The number of nitrogens with zero attached hydrogens (tertiary/aromatic N) is 3. The third kappa shape index (κ3) is 4.62. The zero-order valence-corrected chi connectivity index (χ0v) is 23.4. The van der Waals surface area contributed by atoms with Gasteiger partial charge in [0, 0.05) is 34.5 Å². The summed E-state index contributed by atoms with van der Waals surface area (Å²) in [4.78, 5) is 40.7. The number of fused-ring (bicyclic) bond motifs is 2. The second-order valence-electron chi connectivity index (χ2n) is 9.18. The van der Waals surface area contributed by atoms with Gasteiger partial charge in [-0.2, -0.15) is 0 Å². The van der Waals surface area contributed by atoms with Gasteiger partial charge in [0.05, 0.1) is 36.6 Å². The highest BCUT2D eigenvalue weighted by molar-refractivity contribution is 7.07. The highest BCUT2D eigenvalue weighted by atomic mass is 32.1. The molecule has 0 amide bonds. The number of methoxy groups -OCH3 is 2. The number of carbonyl (C=O) groups is 1. The SMILES string of the molecule is CCOC(=O)C1=C(c2ccccc2)N=c2s/c(=C\c3c[nH]c4ncccc34)c(=O)n2C1c1cc(OC)ccc1OC. The van der Waals surface area contributed by atoms with Crippen LogP contribution in [0.4, 0.5) is 0 Å². The summed E-state index contributed by atoms with van der Waals surface area (Å²) in [7, 11) is 3.11. The van der Waals surface area contributed by atoms with Gasteiger partial charge in [0.2, 0.25) is 0 Å². The minimum Gasteiger partial charge on any atom is -0.497 e.